The fourth-order valence-corrected chi connectivity index (χ4v) is 4.24. The SMILES string of the molecule is CCCCCc1ccc(-c2ccccc2CCc2ccc(OCCCC)c(C#N)c2C#N)cc1. The quantitative estimate of drug-likeness (QED) is 0.265. The Kier molecular flexibility index (Phi) is 9.75. The van der Waals surface area contributed by atoms with E-state index in [2.05, 4.69) is 74.5 Å². The molecule has 0 aromatic heterocycles. The summed E-state index contributed by atoms with van der Waals surface area (Å²) in [5.41, 5.74) is 6.75. The van der Waals surface area contributed by atoms with Crippen LogP contribution < -0.4 is 4.74 Å². The van der Waals surface area contributed by atoms with Crippen molar-refractivity contribution in [1.29, 1.82) is 10.5 Å². The fourth-order valence-electron chi connectivity index (χ4n) is 4.24. The van der Waals surface area contributed by atoms with E-state index in [-0.39, 0.29) is 0 Å². The van der Waals surface area contributed by atoms with Gasteiger partial charge in [0, 0.05) is 0 Å². The van der Waals surface area contributed by atoms with Gasteiger partial charge in [0.25, 0.3) is 0 Å². The molecule has 0 heterocycles. The summed E-state index contributed by atoms with van der Waals surface area (Å²) in [4.78, 5) is 0. The van der Waals surface area contributed by atoms with Crippen LogP contribution in [0, 0.1) is 22.7 Å². The Morgan fingerprint density at radius 1 is 0.676 bits per heavy atom. The number of hydrogen-bond acceptors (Lipinski definition) is 3. The van der Waals surface area contributed by atoms with Crippen LogP contribution in [0.1, 0.15) is 73.8 Å². The summed E-state index contributed by atoms with van der Waals surface area (Å²) in [6, 6.07) is 25.6. The number of hydrogen-bond donors (Lipinski definition) is 0. The van der Waals surface area contributed by atoms with E-state index < -0.39 is 0 Å². The maximum atomic E-state index is 9.80. The molecule has 0 saturated carbocycles. The highest BCUT2D eigenvalue weighted by Gasteiger charge is 2.15. The highest BCUT2D eigenvalue weighted by molar-refractivity contribution is 5.68. The monoisotopic (exact) mass is 450 g/mol. The molecule has 3 aromatic rings. The molecule has 0 fully saturated rings. The van der Waals surface area contributed by atoms with E-state index >= 15 is 0 Å². The third-order valence-electron chi connectivity index (χ3n) is 6.25. The lowest BCUT2D eigenvalue weighted by Crippen LogP contribution is -2.03. The maximum Gasteiger partial charge on any atom is 0.138 e. The number of aryl methyl sites for hydroxylation is 3. The van der Waals surface area contributed by atoms with Gasteiger partial charge < -0.3 is 4.74 Å². The van der Waals surface area contributed by atoms with Gasteiger partial charge in [-0.05, 0) is 66.0 Å². The number of benzene rings is 3. The normalized spacial score (nSPS) is 10.5. The summed E-state index contributed by atoms with van der Waals surface area (Å²) < 4.78 is 5.77. The van der Waals surface area contributed by atoms with Gasteiger partial charge >= 0.3 is 0 Å². The van der Waals surface area contributed by atoms with Gasteiger partial charge in [-0.1, -0.05) is 87.7 Å². The van der Waals surface area contributed by atoms with Crippen molar-refractivity contribution in [2.75, 3.05) is 6.61 Å². The first-order valence-electron chi connectivity index (χ1n) is 12.5. The number of rotatable bonds is 12. The van der Waals surface area contributed by atoms with Crippen LogP contribution in [0.3, 0.4) is 0 Å². The zero-order chi connectivity index (χ0) is 24.2. The van der Waals surface area contributed by atoms with E-state index in [4.69, 9.17) is 4.74 Å². The summed E-state index contributed by atoms with van der Waals surface area (Å²) >= 11 is 0. The molecule has 3 heteroatoms. The molecule has 0 aliphatic rings. The number of unbranched alkanes of at least 4 members (excludes halogenated alkanes) is 3. The van der Waals surface area contributed by atoms with E-state index in [1.165, 1.54) is 41.5 Å². The number of nitrogens with zero attached hydrogens (tertiary/aromatic N) is 2. The molecule has 0 spiro atoms. The van der Waals surface area contributed by atoms with E-state index in [0.29, 0.717) is 29.9 Å². The zero-order valence-electron chi connectivity index (χ0n) is 20.4. The largest absolute Gasteiger partial charge is 0.492 e. The second-order valence-corrected chi connectivity index (χ2v) is 8.71. The van der Waals surface area contributed by atoms with Crippen molar-refractivity contribution < 1.29 is 4.74 Å². The minimum absolute atomic E-state index is 0.350. The maximum absolute atomic E-state index is 9.80. The number of nitriles is 2. The van der Waals surface area contributed by atoms with Crippen molar-refractivity contribution in [3.63, 3.8) is 0 Å². The molecule has 0 unspecified atom stereocenters. The first-order chi connectivity index (χ1) is 16.7. The zero-order valence-corrected chi connectivity index (χ0v) is 20.4. The second kappa shape index (κ2) is 13.2. The van der Waals surface area contributed by atoms with Gasteiger partial charge in [0.1, 0.15) is 23.5 Å². The minimum atomic E-state index is 0.350. The predicted molar refractivity (Wildman–Crippen MR) is 139 cm³/mol. The van der Waals surface area contributed by atoms with Crippen LogP contribution >= 0.6 is 0 Å². The van der Waals surface area contributed by atoms with Gasteiger partial charge in [-0.3, -0.25) is 0 Å². The van der Waals surface area contributed by atoms with Crippen molar-refractivity contribution in [1.82, 2.24) is 0 Å². The third kappa shape index (κ3) is 6.49. The molecule has 3 nitrogen and oxygen atoms in total. The summed E-state index contributed by atoms with van der Waals surface area (Å²) in [6.07, 6.45) is 8.31. The van der Waals surface area contributed by atoms with Crippen LogP contribution in [0.15, 0.2) is 60.7 Å². The molecule has 34 heavy (non-hydrogen) atoms. The van der Waals surface area contributed by atoms with Crippen LogP contribution in [-0.2, 0) is 19.3 Å². The van der Waals surface area contributed by atoms with E-state index in [0.717, 1.165) is 31.2 Å². The van der Waals surface area contributed by atoms with Crippen molar-refractivity contribution in [2.45, 2.75) is 65.2 Å². The molecule has 3 aromatic carbocycles. The average molecular weight is 451 g/mol. The highest BCUT2D eigenvalue weighted by atomic mass is 16.5. The summed E-state index contributed by atoms with van der Waals surface area (Å²) in [5, 5.41) is 19.5. The Hall–Kier alpha value is -3.56. The second-order valence-electron chi connectivity index (χ2n) is 8.71. The lowest BCUT2D eigenvalue weighted by atomic mass is 9.92. The molecule has 0 N–H and O–H groups in total. The Morgan fingerprint density at radius 3 is 2.09 bits per heavy atom. The van der Waals surface area contributed by atoms with Gasteiger partial charge in [0.15, 0.2) is 0 Å². The van der Waals surface area contributed by atoms with E-state index in [9.17, 15) is 10.5 Å². The van der Waals surface area contributed by atoms with Crippen LogP contribution in [0.2, 0.25) is 0 Å². The average Bonchev–Trinajstić information content (AvgIpc) is 2.88. The van der Waals surface area contributed by atoms with Gasteiger partial charge in [-0.25, -0.2) is 0 Å². The molecular weight excluding hydrogens is 416 g/mol. The van der Waals surface area contributed by atoms with Gasteiger partial charge in [-0.2, -0.15) is 10.5 Å². The molecule has 3 rings (SSSR count). The van der Waals surface area contributed by atoms with Crippen molar-refractivity contribution in [3.8, 4) is 29.0 Å². The summed E-state index contributed by atoms with van der Waals surface area (Å²) in [6.45, 7) is 4.88. The molecule has 0 aliphatic heterocycles. The van der Waals surface area contributed by atoms with Gasteiger partial charge in [0.05, 0.1) is 12.2 Å². The topological polar surface area (TPSA) is 56.8 Å². The van der Waals surface area contributed by atoms with Crippen LogP contribution in [-0.4, -0.2) is 6.61 Å². The summed E-state index contributed by atoms with van der Waals surface area (Å²) in [5.74, 6) is 0.510. The van der Waals surface area contributed by atoms with Crippen molar-refractivity contribution in [3.05, 3.63) is 88.5 Å². The lowest BCUT2D eigenvalue weighted by Gasteiger charge is -2.13. The molecule has 0 amide bonds. The Bertz CT molecular complexity index is 1150. The standard InChI is InChI=1S/C31H34N2O/c1-3-5-7-10-24-13-15-26(16-14-24)28-12-9-8-11-25(28)17-18-27-19-20-31(34-21-6-4-2)30(23-33)29(27)22-32/h8-9,11-16,19-20H,3-7,10,17-18,21H2,1-2H3. The summed E-state index contributed by atoms with van der Waals surface area (Å²) in [7, 11) is 0. The predicted octanol–water partition coefficient (Wildman–Crippen LogP) is 7.79. The van der Waals surface area contributed by atoms with E-state index in [1.807, 2.05) is 12.1 Å². The van der Waals surface area contributed by atoms with Gasteiger partial charge in [-0.15, -0.1) is 0 Å². The first kappa shape index (κ1) is 25.1. The van der Waals surface area contributed by atoms with Crippen LogP contribution in [0.25, 0.3) is 11.1 Å². The Morgan fingerprint density at radius 2 is 1.38 bits per heavy atom. The first-order valence-corrected chi connectivity index (χ1v) is 12.5. The molecule has 0 bridgehead atoms. The highest BCUT2D eigenvalue weighted by Crippen LogP contribution is 2.29. The number of ether oxygens (including phenoxy) is 1. The van der Waals surface area contributed by atoms with Crippen molar-refractivity contribution >= 4 is 0 Å². The molecule has 174 valence electrons. The Labute approximate surface area is 204 Å². The smallest absolute Gasteiger partial charge is 0.138 e. The lowest BCUT2D eigenvalue weighted by molar-refractivity contribution is 0.308. The molecule has 0 atom stereocenters. The fraction of sp³-hybridized carbons (Fsp3) is 0.355. The van der Waals surface area contributed by atoms with E-state index in [1.54, 1.807) is 0 Å². The Balaban J connectivity index is 1.78. The molecule has 0 aliphatic carbocycles. The molecule has 0 radical (unpaired) electrons. The minimum Gasteiger partial charge on any atom is -0.492 e. The molecule has 0 saturated heterocycles. The van der Waals surface area contributed by atoms with Crippen molar-refractivity contribution in [2.24, 2.45) is 0 Å². The van der Waals surface area contributed by atoms with Crippen LogP contribution in [0.4, 0.5) is 0 Å². The van der Waals surface area contributed by atoms with Crippen LogP contribution in [0.5, 0.6) is 5.75 Å². The van der Waals surface area contributed by atoms with Gasteiger partial charge in [0.2, 0.25) is 0 Å². The molecular formula is C31H34N2O. The third-order valence-corrected chi connectivity index (χ3v) is 6.25.